The smallest absolute Gasteiger partial charge is 0.323 e. The molecule has 124 valence electrons. The van der Waals surface area contributed by atoms with Gasteiger partial charge in [0.05, 0.1) is 16.8 Å². The van der Waals surface area contributed by atoms with Crippen LogP contribution in [-0.2, 0) is 11.3 Å². The molecule has 2 aromatic heterocycles. The number of hydrogen-bond donors (Lipinski definition) is 0. The molecular weight excluding hydrogens is 322 g/mol. The molecule has 1 aliphatic heterocycles. The third kappa shape index (κ3) is 2.28. The van der Waals surface area contributed by atoms with Crippen molar-refractivity contribution in [3.63, 3.8) is 0 Å². The van der Waals surface area contributed by atoms with Gasteiger partial charge >= 0.3 is 5.97 Å². The number of hydroxylamine groups is 2. The Bertz CT molecular complexity index is 1000. The number of fused-ring (bicyclic) bond motifs is 2. The first-order chi connectivity index (χ1) is 12.1. The van der Waals surface area contributed by atoms with Gasteiger partial charge in [-0.15, -0.1) is 0 Å². The lowest BCUT2D eigenvalue weighted by Crippen LogP contribution is -2.33. The minimum absolute atomic E-state index is 0.182. The molecule has 3 aromatic rings. The third-order valence-corrected chi connectivity index (χ3v) is 4.04. The first kappa shape index (κ1) is 15.1. The molecule has 0 N–H and O–H groups in total. The van der Waals surface area contributed by atoms with Crippen LogP contribution in [0.4, 0.5) is 0 Å². The highest BCUT2D eigenvalue weighted by molar-refractivity contribution is 6.21. The predicted octanol–water partition coefficient (Wildman–Crippen LogP) is 2.26. The van der Waals surface area contributed by atoms with Crippen molar-refractivity contribution in [2.45, 2.75) is 13.3 Å². The van der Waals surface area contributed by atoms with Crippen LogP contribution in [0.25, 0.3) is 5.65 Å². The van der Waals surface area contributed by atoms with Crippen molar-refractivity contribution >= 4 is 23.4 Å². The molecule has 3 heterocycles. The summed E-state index contributed by atoms with van der Waals surface area (Å²) >= 11 is 0. The lowest BCUT2D eigenvalue weighted by Gasteiger charge is -2.13. The van der Waals surface area contributed by atoms with Crippen LogP contribution in [0.15, 0.2) is 48.7 Å². The lowest BCUT2D eigenvalue weighted by atomic mass is 10.1. The second kappa shape index (κ2) is 5.55. The summed E-state index contributed by atoms with van der Waals surface area (Å²) < 4.78 is 1.58. The number of nitrogens with zero attached hydrogens (tertiary/aromatic N) is 3. The fourth-order valence-corrected chi connectivity index (χ4v) is 2.78. The van der Waals surface area contributed by atoms with E-state index in [1.807, 2.05) is 6.92 Å². The van der Waals surface area contributed by atoms with E-state index < -0.39 is 17.8 Å². The van der Waals surface area contributed by atoms with Gasteiger partial charge in [0.25, 0.3) is 11.8 Å². The number of carbonyl (C=O) groups excluding carboxylic acids is 3. The number of aromatic nitrogens is 2. The Morgan fingerprint density at radius 1 is 1.04 bits per heavy atom. The molecule has 0 saturated carbocycles. The van der Waals surface area contributed by atoms with Crippen LogP contribution in [0.2, 0.25) is 0 Å². The van der Waals surface area contributed by atoms with Crippen LogP contribution in [0.3, 0.4) is 0 Å². The maximum atomic E-state index is 12.5. The van der Waals surface area contributed by atoms with E-state index in [9.17, 15) is 14.4 Å². The molecule has 4 rings (SSSR count). The molecule has 0 spiro atoms. The number of benzene rings is 1. The van der Waals surface area contributed by atoms with Crippen LogP contribution < -0.4 is 0 Å². The van der Waals surface area contributed by atoms with E-state index in [-0.39, 0.29) is 16.8 Å². The van der Waals surface area contributed by atoms with Gasteiger partial charge < -0.3 is 4.84 Å². The molecule has 1 aliphatic rings. The number of hydrogen-bond acceptors (Lipinski definition) is 5. The van der Waals surface area contributed by atoms with Gasteiger partial charge in [-0.25, -0.2) is 9.78 Å². The highest BCUT2D eigenvalue weighted by Gasteiger charge is 2.39. The van der Waals surface area contributed by atoms with Gasteiger partial charge in [-0.1, -0.05) is 30.2 Å². The van der Waals surface area contributed by atoms with Crippen molar-refractivity contribution in [3.05, 3.63) is 71.2 Å². The van der Waals surface area contributed by atoms with Gasteiger partial charge in [-0.05, 0) is 30.7 Å². The van der Waals surface area contributed by atoms with Crippen molar-refractivity contribution in [1.29, 1.82) is 0 Å². The lowest BCUT2D eigenvalue weighted by molar-refractivity contribution is -0.0589. The standard InChI is InChI=1S/C18H13N3O4/c1-2-11-10-20-14(8-5-9-15(20)19-11)18(24)25-21-16(22)12-6-3-4-7-13(12)17(21)23/h3-10H,2H2,1H3. The zero-order valence-corrected chi connectivity index (χ0v) is 13.3. The van der Waals surface area contributed by atoms with E-state index in [4.69, 9.17) is 4.84 Å². The highest BCUT2D eigenvalue weighted by Crippen LogP contribution is 2.23. The Morgan fingerprint density at radius 2 is 1.72 bits per heavy atom. The van der Waals surface area contributed by atoms with Crippen molar-refractivity contribution < 1.29 is 19.2 Å². The Balaban J connectivity index is 1.67. The molecule has 7 nitrogen and oxygen atoms in total. The largest absolute Gasteiger partial charge is 0.380 e. The van der Waals surface area contributed by atoms with Crippen LogP contribution in [0.5, 0.6) is 0 Å². The minimum atomic E-state index is -0.805. The second-order valence-electron chi connectivity index (χ2n) is 5.55. The quantitative estimate of drug-likeness (QED) is 0.686. The maximum absolute atomic E-state index is 12.5. The Kier molecular flexibility index (Phi) is 3.35. The predicted molar refractivity (Wildman–Crippen MR) is 86.9 cm³/mol. The molecule has 1 aromatic carbocycles. The van der Waals surface area contributed by atoms with Gasteiger partial charge in [0.2, 0.25) is 0 Å². The fraction of sp³-hybridized carbons (Fsp3) is 0.111. The molecule has 0 unspecified atom stereocenters. The molecule has 0 saturated heterocycles. The number of pyridine rings is 1. The molecule has 0 fully saturated rings. The van der Waals surface area contributed by atoms with Gasteiger partial charge in [-0.2, -0.15) is 0 Å². The van der Waals surface area contributed by atoms with Crippen molar-refractivity contribution in [2.24, 2.45) is 0 Å². The highest BCUT2D eigenvalue weighted by atomic mass is 16.7. The molecule has 0 aliphatic carbocycles. The van der Waals surface area contributed by atoms with E-state index >= 15 is 0 Å². The number of rotatable bonds is 3. The van der Waals surface area contributed by atoms with Gasteiger partial charge in [-0.3, -0.25) is 14.0 Å². The van der Waals surface area contributed by atoms with Crippen molar-refractivity contribution in [2.75, 3.05) is 0 Å². The van der Waals surface area contributed by atoms with Crippen molar-refractivity contribution in [1.82, 2.24) is 14.4 Å². The summed E-state index contributed by atoms with van der Waals surface area (Å²) in [5, 5.41) is 0.503. The summed E-state index contributed by atoms with van der Waals surface area (Å²) in [5.41, 5.74) is 2.03. The molecule has 7 heteroatoms. The summed E-state index contributed by atoms with van der Waals surface area (Å²) in [7, 11) is 0. The van der Waals surface area contributed by atoms with E-state index in [1.165, 1.54) is 12.1 Å². The van der Waals surface area contributed by atoms with Crippen LogP contribution in [-0.4, -0.2) is 32.2 Å². The minimum Gasteiger partial charge on any atom is -0.323 e. The molecule has 0 bridgehead atoms. The van der Waals surface area contributed by atoms with E-state index in [0.717, 1.165) is 5.69 Å². The maximum Gasteiger partial charge on any atom is 0.380 e. The van der Waals surface area contributed by atoms with Gasteiger partial charge in [0, 0.05) is 6.20 Å². The zero-order valence-electron chi connectivity index (χ0n) is 13.3. The first-order valence-electron chi connectivity index (χ1n) is 7.77. The van der Waals surface area contributed by atoms with E-state index in [1.54, 1.807) is 40.9 Å². The molecule has 0 atom stereocenters. The van der Waals surface area contributed by atoms with Crippen molar-refractivity contribution in [3.8, 4) is 0 Å². The Labute approximate surface area is 142 Å². The van der Waals surface area contributed by atoms with E-state index in [2.05, 4.69) is 4.98 Å². The van der Waals surface area contributed by atoms with Gasteiger partial charge in [0.15, 0.2) is 0 Å². The summed E-state index contributed by atoms with van der Waals surface area (Å²) in [6, 6.07) is 11.3. The second-order valence-corrected chi connectivity index (χ2v) is 5.55. The molecular formula is C18H13N3O4. The Hall–Kier alpha value is -3.48. The summed E-state index contributed by atoms with van der Waals surface area (Å²) in [6.45, 7) is 1.96. The molecule has 25 heavy (non-hydrogen) atoms. The Morgan fingerprint density at radius 3 is 2.36 bits per heavy atom. The topological polar surface area (TPSA) is 81.0 Å². The van der Waals surface area contributed by atoms with Crippen LogP contribution >= 0.6 is 0 Å². The number of amides is 2. The number of imide groups is 1. The number of imidazole rings is 1. The zero-order chi connectivity index (χ0) is 17.6. The fourth-order valence-electron chi connectivity index (χ4n) is 2.78. The monoisotopic (exact) mass is 335 g/mol. The summed E-state index contributed by atoms with van der Waals surface area (Å²) in [4.78, 5) is 46.6. The number of carbonyl (C=O) groups is 3. The average Bonchev–Trinajstić information content (AvgIpc) is 3.16. The molecule has 0 radical (unpaired) electrons. The SMILES string of the molecule is CCc1cn2c(C(=O)ON3C(=O)c4ccccc4C3=O)cccc2n1. The average molecular weight is 335 g/mol. The van der Waals surface area contributed by atoms with Crippen LogP contribution in [0.1, 0.15) is 43.8 Å². The van der Waals surface area contributed by atoms with Crippen LogP contribution in [0, 0.1) is 0 Å². The molecule has 2 amide bonds. The summed E-state index contributed by atoms with van der Waals surface area (Å²) in [5.74, 6) is -2.11. The summed E-state index contributed by atoms with van der Waals surface area (Å²) in [6.07, 6.45) is 2.45. The van der Waals surface area contributed by atoms with Gasteiger partial charge in [0.1, 0.15) is 11.3 Å². The normalized spacial score (nSPS) is 13.4. The first-order valence-corrected chi connectivity index (χ1v) is 7.77. The number of aryl methyl sites for hydroxylation is 1. The van der Waals surface area contributed by atoms with E-state index in [0.29, 0.717) is 17.1 Å². The third-order valence-electron chi connectivity index (χ3n) is 4.04.